The van der Waals surface area contributed by atoms with E-state index in [4.69, 9.17) is 5.73 Å². The Balaban J connectivity index is 0.00000312. The molecule has 1 saturated heterocycles. The molecule has 0 bridgehead atoms. The first-order valence-corrected chi connectivity index (χ1v) is 9.63. The maximum Gasteiger partial charge on any atom is 0.254 e. The van der Waals surface area contributed by atoms with Crippen LogP contribution in [-0.4, -0.2) is 56.6 Å². The van der Waals surface area contributed by atoms with Crippen LogP contribution in [0.25, 0.3) is 0 Å². The molecule has 0 aromatic heterocycles. The molecule has 1 heterocycles. The van der Waals surface area contributed by atoms with Crippen LogP contribution >= 0.6 is 12.4 Å². The van der Waals surface area contributed by atoms with E-state index >= 15 is 0 Å². The van der Waals surface area contributed by atoms with Gasteiger partial charge < -0.3 is 16.0 Å². The van der Waals surface area contributed by atoms with Gasteiger partial charge in [0.25, 0.3) is 5.91 Å². The molecule has 0 saturated carbocycles. The van der Waals surface area contributed by atoms with Crippen molar-refractivity contribution in [3.8, 4) is 0 Å². The Morgan fingerprint density at radius 3 is 2.40 bits per heavy atom. The van der Waals surface area contributed by atoms with Crippen LogP contribution < -0.4 is 11.1 Å². The third kappa shape index (κ3) is 5.42. The number of nitrogens with zero attached hydrogens (tertiary/aromatic N) is 1. The highest BCUT2D eigenvalue weighted by molar-refractivity contribution is 7.92. The first-order valence-electron chi connectivity index (χ1n) is 7.98. The number of halogens is 1. The van der Waals surface area contributed by atoms with Gasteiger partial charge >= 0.3 is 0 Å². The topological polar surface area (TPSA) is 110 Å². The molecule has 1 fully saturated rings. The monoisotopic (exact) mass is 389 g/mol. The highest BCUT2D eigenvalue weighted by Crippen LogP contribution is 2.17. The normalized spacial score (nSPS) is 16.9. The largest absolute Gasteiger partial charge is 0.369 e. The molecule has 1 aromatic rings. The lowest BCUT2D eigenvalue weighted by Gasteiger charge is -2.28. The second kappa shape index (κ2) is 9.17. The van der Waals surface area contributed by atoms with Gasteiger partial charge in [-0.1, -0.05) is 6.92 Å². The molecule has 3 N–H and O–H groups in total. The number of sulfone groups is 1. The van der Waals surface area contributed by atoms with Crippen molar-refractivity contribution < 1.29 is 18.0 Å². The maximum atomic E-state index is 12.7. The minimum absolute atomic E-state index is 0. The highest BCUT2D eigenvalue weighted by Gasteiger charge is 2.27. The molecule has 0 spiro atoms. The molecule has 1 aromatic carbocycles. The fourth-order valence-corrected chi connectivity index (χ4v) is 3.93. The molecule has 1 atom stereocenters. The van der Waals surface area contributed by atoms with Crippen molar-refractivity contribution in [2.45, 2.75) is 30.7 Å². The van der Waals surface area contributed by atoms with Gasteiger partial charge in [0.1, 0.15) is 5.75 Å². The Bertz CT molecular complexity index is 701. The first-order chi connectivity index (χ1) is 11.3. The van der Waals surface area contributed by atoms with Gasteiger partial charge in [0.05, 0.1) is 4.90 Å². The van der Waals surface area contributed by atoms with Gasteiger partial charge in [-0.2, -0.15) is 0 Å². The fourth-order valence-electron chi connectivity index (χ4n) is 2.84. The third-order valence-corrected chi connectivity index (χ3v) is 5.65. The zero-order valence-electron chi connectivity index (χ0n) is 14.1. The van der Waals surface area contributed by atoms with Crippen molar-refractivity contribution in [2.75, 3.05) is 25.4 Å². The van der Waals surface area contributed by atoms with E-state index in [2.05, 4.69) is 5.32 Å². The predicted molar refractivity (Wildman–Crippen MR) is 97.5 cm³/mol. The van der Waals surface area contributed by atoms with Crippen molar-refractivity contribution in [2.24, 2.45) is 5.73 Å². The number of nitrogens with two attached hydrogens (primary N) is 1. The number of hydrogen-bond acceptors (Lipinski definition) is 5. The number of carbonyl (C=O) groups excluding carboxylic acids is 2. The molecule has 1 unspecified atom stereocenters. The Hall–Kier alpha value is -1.64. The van der Waals surface area contributed by atoms with Gasteiger partial charge in [-0.15, -0.1) is 12.4 Å². The van der Waals surface area contributed by atoms with Crippen molar-refractivity contribution in [3.05, 3.63) is 29.8 Å². The number of hydrogen-bond donors (Lipinski definition) is 2. The molecule has 9 heteroatoms. The molecule has 140 valence electrons. The van der Waals surface area contributed by atoms with Crippen LogP contribution in [0, 0.1) is 0 Å². The molecule has 7 nitrogen and oxygen atoms in total. The molecule has 1 aliphatic heterocycles. The van der Waals surface area contributed by atoms with Gasteiger partial charge in [0.15, 0.2) is 9.84 Å². The van der Waals surface area contributed by atoms with Crippen LogP contribution in [0.1, 0.15) is 30.1 Å². The summed E-state index contributed by atoms with van der Waals surface area (Å²) in [5.41, 5.74) is 5.39. The third-order valence-electron chi connectivity index (χ3n) is 3.99. The van der Waals surface area contributed by atoms with Gasteiger partial charge in [0.2, 0.25) is 5.91 Å². The van der Waals surface area contributed by atoms with Crippen LogP contribution in [0.4, 0.5) is 0 Å². The number of primary amides is 1. The van der Waals surface area contributed by atoms with Gasteiger partial charge in [-0.3, -0.25) is 9.59 Å². The summed E-state index contributed by atoms with van der Waals surface area (Å²) >= 11 is 0. The molecule has 2 rings (SSSR count). The molecule has 25 heavy (non-hydrogen) atoms. The summed E-state index contributed by atoms with van der Waals surface area (Å²) in [7, 11) is -3.76. The van der Waals surface area contributed by atoms with Crippen LogP contribution in [0.2, 0.25) is 0 Å². The maximum absolute atomic E-state index is 12.7. The summed E-state index contributed by atoms with van der Waals surface area (Å²) in [6.45, 7) is 4.34. The van der Waals surface area contributed by atoms with E-state index in [0.717, 1.165) is 25.9 Å². The second-order valence-electron chi connectivity index (χ2n) is 5.89. The zero-order valence-corrected chi connectivity index (χ0v) is 15.7. The van der Waals surface area contributed by atoms with Crippen LogP contribution in [0.15, 0.2) is 29.2 Å². The van der Waals surface area contributed by atoms with E-state index in [-0.39, 0.29) is 29.3 Å². The summed E-state index contributed by atoms with van der Waals surface area (Å²) < 4.78 is 23.9. The Morgan fingerprint density at radius 1 is 1.28 bits per heavy atom. The summed E-state index contributed by atoms with van der Waals surface area (Å²) in [5.74, 6) is -1.75. The van der Waals surface area contributed by atoms with Crippen LogP contribution in [0.3, 0.4) is 0 Å². The van der Waals surface area contributed by atoms with E-state index in [1.54, 1.807) is 0 Å². The second-order valence-corrected chi connectivity index (χ2v) is 7.88. The minimum atomic E-state index is -3.76. The first kappa shape index (κ1) is 21.4. The van der Waals surface area contributed by atoms with E-state index in [1.807, 2.05) is 11.8 Å². The molecule has 1 aliphatic rings. The van der Waals surface area contributed by atoms with Gasteiger partial charge in [-0.05, 0) is 43.7 Å². The number of amides is 2. The van der Waals surface area contributed by atoms with Gasteiger partial charge in [0, 0.05) is 24.7 Å². The number of benzene rings is 1. The Labute approximate surface area is 154 Å². The zero-order chi connectivity index (χ0) is 17.7. The Morgan fingerprint density at radius 2 is 1.92 bits per heavy atom. The lowest BCUT2D eigenvalue weighted by Crippen LogP contribution is -2.42. The molecule has 0 radical (unpaired) electrons. The summed E-state index contributed by atoms with van der Waals surface area (Å²) in [6, 6.07) is 5.84. The summed E-state index contributed by atoms with van der Waals surface area (Å²) in [6.07, 6.45) is 1.77. The number of rotatable bonds is 7. The SMILES string of the molecule is CCCN(C(=O)c1ccc(S(=O)(=O)CC(N)=O)cc1)C1CCNC1.Cl. The average Bonchev–Trinajstić information content (AvgIpc) is 3.05. The lowest BCUT2D eigenvalue weighted by molar-refractivity contribution is -0.115. The smallest absolute Gasteiger partial charge is 0.254 e. The van der Waals surface area contributed by atoms with E-state index in [1.165, 1.54) is 24.3 Å². The van der Waals surface area contributed by atoms with E-state index in [9.17, 15) is 18.0 Å². The van der Waals surface area contributed by atoms with Crippen molar-refractivity contribution >= 4 is 34.1 Å². The van der Waals surface area contributed by atoms with Crippen molar-refractivity contribution in [3.63, 3.8) is 0 Å². The van der Waals surface area contributed by atoms with Crippen molar-refractivity contribution in [1.82, 2.24) is 10.2 Å². The van der Waals surface area contributed by atoms with Crippen LogP contribution in [-0.2, 0) is 14.6 Å². The highest BCUT2D eigenvalue weighted by atomic mass is 35.5. The van der Waals surface area contributed by atoms with Gasteiger partial charge in [-0.25, -0.2) is 8.42 Å². The molecular formula is C16H24ClN3O4S. The molecular weight excluding hydrogens is 366 g/mol. The molecule has 2 amide bonds. The van der Waals surface area contributed by atoms with E-state index < -0.39 is 21.5 Å². The average molecular weight is 390 g/mol. The standard InChI is InChI=1S/C16H23N3O4S.ClH/c1-2-9-19(13-7-8-18-10-13)16(21)12-3-5-14(6-4-12)24(22,23)11-15(17)20;/h3-6,13,18H,2,7-11H2,1H3,(H2,17,20);1H. The summed E-state index contributed by atoms with van der Waals surface area (Å²) in [5, 5.41) is 3.25. The fraction of sp³-hybridized carbons (Fsp3) is 0.500. The quantitative estimate of drug-likeness (QED) is 0.708. The van der Waals surface area contributed by atoms with Crippen molar-refractivity contribution in [1.29, 1.82) is 0 Å². The Kier molecular flexibility index (Phi) is 7.85. The number of carbonyl (C=O) groups is 2. The lowest BCUT2D eigenvalue weighted by atomic mass is 10.1. The predicted octanol–water partition coefficient (Wildman–Crippen LogP) is 0.582. The van der Waals surface area contributed by atoms with E-state index in [0.29, 0.717) is 12.1 Å². The van der Waals surface area contributed by atoms with Crippen LogP contribution in [0.5, 0.6) is 0 Å². The number of nitrogens with one attached hydrogen (secondary N) is 1. The minimum Gasteiger partial charge on any atom is -0.369 e. The summed E-state index contributed by atoms with van der Waals surface area (Å²) in [4.78, 5) is 25.4. The molecule has 0 aliphatic carbocycles.